The number of amides is 2. The highest BCUT2D eigenvalue weighted by atomic mass is 32.1. The van der Waals surface area contributed by atoms with E-state index in [1.807, 2.05) is 87.3 Å². The number of benzene rings is 2. The van der Waals surface area contributed by atoms with Crippen molar-refractivity contribution >= 4 is 45.5 Å². The van der Waals surface area contributed by atoms with Crippen LogP contribution in [0.4, 0.5) is 27.0 Å². The van der Waals surface area contributed by atoms with Crippen LogP contribution in [0.5, 0.6) is 0 Å². The molecule has 1 aliphatic rings. The molecule has 8 nitrogen and oxygen atoms in total. The summed E-state index contributed by atoms with van der Waals surface area (Å²) in [7, 11) is 1.93. The number of piperazine rings is 1. The summed E-state index contributed by atoms with van der Waals surface area (Å²) in [5.74, 6) is -0.256. The van der Waals surface area contributed by atoms with Crippen LogP contribution in [0.25, 0.3) is 0 Å². The van der Waals surface area contributed by atoms with Gasteiger partial charge in [0.05, 0.1) is 11.4 Å². The fourth-order valence-corrected chi connectivity index (χ4v) is 4.57. The second kappa shape index (κ2) is 10.4. The third kappa shape index (κ3) is 6.10. The number of carbonyl (C=O) groups excluding carboxylic acids is 2. The van der Waals surface area contributed by atoms with E-state index in [0.29, 0.717) is 37.6 Å². The van der Waals surface area contributed by atoms with E-state index in [0.717, 1.165) is 16.5 Å². The molecule has 0 bridgehead atoms. The third-order valence-electron chi connectivity index (χ3n) is 5.58. The monoisotopic (exact) mass is 493 g/mol. The van der Waals surface area contributed by atoms with E-state index in [-0.39, 0.29) is 12.0 Å². The van der Waals surface area contributed by atoms with Crippen LogP contribution in [0.15, 0.2) is 60.0 Å². The fourth-order valence-electron chi connectivity index (χ4n) is 3.78. The molecule has 2 aromatic carbocycles. The van der Waals surface area contributed by atoms with Crippen LogP contribution in [-0.2, 0) is 4.74 Å². The van der Waals surface area contributed by atoms with Crippen molar-refractivity contribution in [2.75, 3.05) is 48.3 Å². The SMILES string of the molecule is CN(c1ccccc1)c1nc(C(=O)Nc2ccccc2N2CCN(C(=O)OC(C)(C)C)CC2)cs1. The molecule has 1 aliphatic heterocycles. The zero-order valence-corrected chi connectivity index (χ0v) is 21.3. The standard InChI is InChI=1S/C26H31N5O3S/c1-26(2,3)34-25(33)31-16-14-30(15-17-31)22-13-9-8-12-20(22)27-23(32)21-18-35-24(28-21)29(4)19-10-6-5-7-11-19/h5-13,18H,14-17H2,1-4H3,(H,27,32). The van der Waals surface area contributed by atoms with Gasteiger partial charge < -0.3 is 24.8 Å². The van der Waals surface area contributed by atoms with Crippen LogP contribution >= 0.6 is 11.3 Å². The smallest absolute Gasteiger partial charge is 0.410 e. The molecule has 1 aromatic heterocycles. The van der Waals surface area contributed by atoms with Gasteiger partial charge in [-0.2, -0.15) is 0 Å². The number of thiazole rings is 1. The molecule has 0 saturated carbocycles. The molecule has 0 spiro atoms. The minimum Gasteiger partial charge on any atom is -0.444 e. The van der Waals surface area contributed by atoms with Gasteiger partial charge in [0.25, 0.3) is 5.91 Å². The van der Waals surface area contributed by atoms with Crippen molar-refractivity contribution < 1.29 is 14.3 Å². The normalized spacial score (nSPS) is 13.9. The number of hydrogen-bond donors (Lipinski definition) is 1. The zero-order valence-electron chi connectivity index (χ0n) is 20.5. The Morgan fingerprint density at radius 1 is 1.00 bits per heavy atom. The molecule has 184 valence electrons. The molecule has 0 unspecified atom stereocenters. The highest BCUT2D eigenvalue weighted by Crippen LogP contribution is 2.29. The second-order valence-corrected chi connectivity index (χ2v) is 10.2. The molecular formula is C26H31N5O3S. The van der Waals surface area contributed by atoms with Crippen molar-refractivity contribution in [2.24, 2.45) is 0 Å². The first kappa shape index (κ1) is 24.5. The van der Waals surface area contributed by atoms with E-state index in [1.165, 1.54) is 11.3 Å². The van der Waals surface area contributed by atoms with E-state index in [9.17, 15) is 9.59 Å². The van der Waals surface area contributed by atoms with Crippen LogP contribution in [0, 0.1) is 0 Å². The molecule has 4 rings (SSSR count). The molecule has 35 heavy (non-hydrogen) atoms. The van der Waals surface area contributed by atoms with Crippen LogP contribution in [0.2, 0.25) is 0 Å². The molecule has 2 amide bonds. The number of carbonyl (C=O) groups is 2. The first-order valence-corrected chi connectivity index (χ1v) is 12.5. The topological polar surface area (TPSA) is 78.0 Å². The van der Waals surface area contributed by atoms with Crippen LogP contribution < -0.4 is 15.1 Å². The summed E-state index contributed by atoms with van der Waals surface area (Å²) >= 11 is 1.42. The number of para-hydroxylation sites is 3. The van der Waals surface area contributed by atoms with Crippen molar-refractivity contribution in [1.82, 2.24) is 9.88 Å². The molecule has 3 aromatic rings. The Hall–Kier alpha value is -3.59. The van der Waals surface area contributed by atoms with Crippen molar-refractivity contribution in [1.29, 1.82) is 0 Å². The molecule has 2 heterocycles. The third-order valence-corrected chi connectivity index (χ3v) is 6.50. The number of hydrogen-bond acceptors (Lipinski definition) is 7. The summed E-state index contributed by atoms with van der Waals surface area (Å²) in [6.45, 7) is 8.00. The Labute approximate surface area is 210 Å². The summed E-state index contributed by atoms with van der Waals surface area (Å²) in [5.41, 5.74) is 2.49. The molecule has 0 radical (unpaired) electrons. The average molecular weight is 494 g/mol. The summed E-state index contributed by atoms with van der Waals surface area (Å²) in [6.07, 6.45) is -0.293. The van der Waals surface area contributed by atoms with Gasteiger partial charge in [0.15, 0.2) is 5.13 Å². The number of ether oxygens (including phenoxy) is 1. The van der Waals surface area contributed by atoms with Crippen molar-refractivity contribution in [2.45, 2.75) is 26.4 Å². The van der Waals surface area contributed by atoms with E-state index >= 15 is 0 Å². The maximum atomic E-state index is 13.0. The molecule has 1 saturated heterocycles. The van der Waals surface area contributed by atoms with Gasteiger partial charge in [-0.15, -0.1) is 11.3 Å². The molecular weight excluding hydrogens is 462 g/mol. The molecule has 0 atom stereocenters. The fraction of sp³-hybridized carbons (Fsp3) is 0.346. The van der Waals surface area contributed by atoms with Gasteiger partial charge in [0.1, 0.15) is 11.3 Å². The molecule has 9 heteroatoms. The van der Waals surface area contributed by atoms with Gasteiger partial charge in [-0.05, 0) is 45.0 Å². The second-order valence-electron chi connectivity index (χ2n) is 9.34. The van der Waals surface area contributed by atoms with Crippen molar-refractivity contribution in [3.05, 3.63) is 65.7 Å². The minimum atomic E-state index is -0.517. The van der Waals surface area contributed by atoms with Crippen molar-refractivity contribution in [3.8, 4) is 0 Å². The predicted octanol–water partition coefficient (Wildman–Crippen LogP) is 5.22. The van der Waals surface area contributed by atoms with Crippen LogP contribution in [0.3, 0.4) is 0 Å². The van der Waals surface area contributed by atoms with E-state index < -0.39 is 5.60 Å². The Bertz CT molecular complexity index is 1170. The highest BCUT2D eigenvalue weighted by molar-refractivity contribution is 7.14. The van der Waals surface area contributed by atoms with Gasteiger partial charge in [0, 0.05) is 44.3 Å². The Balaban J connectivity index is 1.41. The number of nitrogens with one attached hydrogen (secondary N) is 1. The Kier molecular flexibility index (Phi) is 7.25. The minimum absolute atomic E-state index is 0.256. The zero-order chi connectivity index (χ0) is 25.0. The van der Waals surface area contributed by atoms with E-state index in [4.69, 9.17) is 4.74 Å². The summed E-state index contributed by atoms with van der Waals surface area (Å²) in [4.78, 5) is 35.8. The van der Waals surface area contributed by atoms with Gasteiger partial charge in [0.2, 0.25) is 0 Å². The lowest BCUT2D eigenvalue weighted by Gasteiger charge is -2.37. The molecule has 1 N–H and O–H groups in total. The number of anilines is 4. The summed E-state index contributed by atoms with van der Waals surface area (Å²) in [6, 6.07) is 17.6. The Morgan fingerprint density at radius 3 is 2.34 bits per heavy atom. The summed E-state index contributed by atoms with van der Waals surface area (Å²) < 4.78 is 5.49. The van der Waals surface area contributed by atoms with Crippen LogP contribution in [-0.4, -0.2) is 60.7 Å². The maximum Gasteiger partial charge on any atom is 0.410 e. The Morgan fingerprint density at radius 2 is 1.66 bits per heavy atom. The number of nitrogens with zero attached hydrogens (tertiary/aromatic N) is 4. The number of aromatic nitrogens is 1. The lowest BCUT2D eigenvalue weighted by Crippen LogP contribution is -2.50. The first-order valence-electron chi connectivity index (χ1n) is 11.6. The first-order chi connectivity index (χ1) is 16.7. The largest absolute Gasteiger partial charge is 0.444 e. The highest BCUT2D eigenvalue weighted by Gasteiger charge is 2.27. The lowest BCUT2D eigenvalue weighted by atomic mass is 10.2. The van der Waals surface area contributed by atoms with Gasteiger partial charge >= 0.3 is 6.09 Å². The van der Waals surface area contributed by atoms with Gasteiger partial charge in [-0.25, -0.2) is 9.78 Å². The average Bonchev–Trinajstić information content (AvgIpc) is 3.34. The van der Waals surface area contributed by atoms with E-state index in [1.54, 1.807) is 10.3 Å². The van der Waals surface area contributed by atoms with Crippen molar-refractivity contribution in [3.63, 3.8) is 0 Å². The molecule has 1 fully saturated rings. The van der Waals surface area contributed by atoms with Gasteiger partial charge in [-0.3, -0.25) is 4.79 Å². The lowest BCUT2D eigenvalue weighted by molar-refractivity contribution is 0.0240. The van der Waals surface area contributed by atoms with E-state index in [2.05, 4.69) is 15.2 Å². The summed E-state index contributed by atoms with van der Waals surface area (Å²) in [5, 5.41) is 5.53. The molecule has 0 aliphatic carbocycles. The number of rotatable bonds is 5. The van der Waals surface area contributed by atoms with Crippen LogP contribution in [0.1, 0.15) is 31.3 Å². The van der Waals surface area contributed by atoms with Gasteiger partial charge in [-0.1, -0.05) is 30.3 Å². The predicted molar refractivity (Wildman–Crippen MR) is 141 cm³/mol. The quantitative estimate of drug-likeness (QED) is 0.525. The maximum absolute atomic E-state index is 13.0.